The molecule has 2 rings (SSSR count). The highest BCUT2D eigenvalue weighted by Crippen LogP contribution is 2.20. The fourth-order valence-electron chi connectivity index (χ4n) is 1.30. The molecule has 1 aromatic carbocycles. The standard InChI is InChI=1S/C11H10FN3O2S/c1-2-9-14-15-11(17-9)13-10(16)7-4-3-5-8(6-7)18-12/h3-6H,2H2,1H3,(H,13,15,16). The minimum atomic E-state index is -0.419. The molecule has 0 saturated heterocycles. The quantitative estimate of drug-likeness (QED) is 0.922. The average Bonchev–Trinajstić information content (AvgIpc) is 2.86. The molecule has 0 aliphatic rings. The number of carbonyl (C=O) groups excluding carboxylic acids is 1. The number of hydrogen-bond acceptors (Lipinski definition) is 5. The maximum absolute atomic E-state index is 12.4. The Bertz CT molecular complexity index is 559. The third-order valence-electron chi connectivity index (χ3n) is 2.18. The summed E-state index contributed by atoms with van der Waals surface area (Å²) in [6, 6.07) is 6.23. The smallest absolute Gasteiger partial charge is 0.322 e. The van der Waals surface area contributed by atoms with Crippen molar-refractivity contribution in [3.8, 4) is 0 Å². The van der Waals surface area contributed by atoms with Gasteiger partial charge >= 0.3 is 6.01 Å². The molecule has 0 fully saturated rings. The van der Waals surface area contributed by atoms with Crippen LogP contribution < -0.4 is 5.32 Å². The van der Waals surface area contributed by atoms with Crippen LogP contribution in [-0.2, 0) is 6.42 Å². The van der Waals surface area contributed by atoms with Crippen LogP contribution in [-0.4, -0.2) is 16.1 Å². The van der Waals surface area contributed by atoms with Gasteiger partial charge in [0.15, 0.2) is 0 Å². The Morgan fingerprint density at radius 1 is 1.50 bits per heavy atom. The van der Waals surface area contributed by atoms with Gasteiger partial charge in [0.2, 0.25) is 5.89 Å². The van der Waals surface area contributed by atoms with Crippen LogP contribution in [0.15, 0.2) is 33.6 Å². The molecule has 0 atom stereocenters. The van der Waals surface area contributed by atoms with Gasteiger partial charge < -0.3 is 4.42 Å². The fraction of sp³-hybridized carbons (Fsp3) is 0.182. The number of anilines is 1. The monoisotopic (exact) mass is 267 g/mol. The molecule has 0 aliphatic heterocycles. The SMILES string of the molecule is CCc1nnc(NC(=O)c2cccc(SF)c2)o1. The topological polar surface area (TPSA) is 68.0 Å². The summed E-state index contributed by atoms with van der Waals surface area (Å²) in [5, 5.41) is 9.84. The van der Waals surface area contributed by atoms with E-state index in [4.69, 9.17) is 4.42 Å². The first kappa shape index (κ1) is 12.6. The Balaban J connectivity index is 2.11. The van der Waals surface area contributed by atoms with Crippen molar-refractivity contribution in [1.29, 1.82) is 0 Å². The molecular weight excluding hydrogens is 257 g/mol. The zero-order chi connectivity index (χ0) is 13.0. The number of rotatable bonds is 4. The van der Waals surface area contributed by atoms with Crippen LogP contribution >= 0.6 is 12.1 Å². The van der Waals surface area contributed by atoms with Crippen molar-refractivity contribution in [2.45, 2.75) is 18.2 Å². The lowest BCUT2D eigenvalue weighted by Gasteiger charge is -2.01. The van der Waals surface area contributed by atoms with Gasteiger partial charge in [-0.15, -0.1) is 5.10 Å². The van der Waals surface area contributed by atoms with Crippen LogP contribution in [0.2, 0.25) is 0 Å². The van der Waals surface area contributed by atoms with Crippen LogP contribution in [0.3, 0.4) is 0 Å². The average molecular weight is 267 g/mol. The second kappa shape index (κ2) is 5.63. The number of aryl methyl sites for hydroxylation is 1. The van der Waals surface area contributed by atoms with Gasteiger partial charge in [-0.1, -0.05) is 18.1 Å². The van der Waals surface area contributed by atoms with Crippen LogP contribution in [0.1, 0.15) is 23.2 Å². The van der Waals surface area contributed by atoms with Crippen molar-refractivity contribution in [1.82, 2.24) is 10.2 Å². The molecule has 7 heteroatoms. The van der Waals surface area contributed by atoms with Gasteiger partial charge in [0.1, 0.15) is 0 Å². The summed E-state index contributed by atoms with van der Waals surface area (Å²) in [6.07, 6.45) is 0.594. The number of halogens is 1. The predicted molar refractivity (Wildman–Crippen MR) is 65.0 cm³/mol. The first-order chi connectivity index (χ1) is 8.72. The summed E-state index contributed by atoms with van der Waals surface area (Å²) in [7, 11) is 0. The van der Waals surface area contributed by atoms with E-state index < -0.39 is 5.91 Å². The van der Waals surface area contributed by atoms with E-state index in [1.54, 1.807) is 18.2 Å². The van der Waals surface area contributed by atoms with Gasteiger partial charge in [0.25, 0.3) is 5.91 Å². The third kappa shape index (κ3) is 2.86. The number of nitrogens with zero attached hydrogens (tertiary/aromatic N) is 2. The number of hydrogen-bond donors (Lipinski definition) is 1. The van der Waals surface area contributed by atoms with Crippen LogP contribution in [0.5, 0.6) is 0 Å². The fourth-order valence-corrected chi connectivity index (χ4v) is 1.60. The molecule has 0 saturated carbocycles. The molecule has 0 bridgehead atoms. The molecule has 0 radical (unpaired) electrons. The van der Waals surface area contributed by atoms with Crippen molar-refractivity contribution in [2.24, 2.45) is 0 Å². The number of carbonyl (C=O) groups is 1. The largest absolute Gasteiger partial charge is 0.408 e. The summed E-state index contributed by atoms with van der Waals surface area (Å²) in [6.45, 7) is 1.86. The minimum Gasteiger partial charge on any atom is -0.408 e. The molecule has 1 heterocycles. The molecule has 0 unspecified atom stereocenters. The Kier molecular flexibility index (Phi) is 3.93. The highest BCUT2D eigenvalue weighted by molar-refractivity contribution is 7.94. The molecule has 2 aromatic rings. The minimum absolute atomic E-state index is 0.0372. The van der Waals surface area contributed by atoms with E-state index in [0.717, 1.165) is 0 Å². The molecule has 1 amide bonds. The summed E-state index contributed by atoms with van der Waals surface area (Å²) in [4.78, 5) is 12.2. The molecule has 1 aromatic heterocycles. The van der Waals surface area contributed by atoms with Crippen molar-refractivity contribution < 1.29 is 13.1 Å². The highest BCUT2D eigenvalue weighted by atomic mass is 32.2. The Morgan fingerprint density at radius 2 is 2.33 bits per heavy atom. The predicted octanol–water partition coefficient (Wildman–Crippen LogP) is 2.86. The van der Waals surface area contributed by atoms with Crippen molar-refractivity contribution in [3.05, 3.63) is 35.7 Å². The van der Waals surface area contributed by atoms with Crippen LogP contribution in [0.4, 0.5) is 9.90 Å². The third-order valence-corrected chi connectivity index (χ3v) is 2.61. The first-order valence-electron chi connectivity index (χ1n) is 5.25. The zero-order valence-electron chi connectivity index (χ0n) is 9.51. The Morgan fingerprint density at radius 3 is 3.00 bits per heavy atom. The summed E-state index contributed by atoms with van der Waals surface area (Å²) >= 11 is 0.0830. The summed E-state index contributed by atoms with van der Waals surface area (Å²) < 4.78 is 17.5. The van der Waals surface area contributed by atoms with Crippen molar-refractivity contribution in [2.75, 3.05) is 5.32 Å². The van der Waals surface area contributed by atoms with E-state index in [2.05, 4.69) is 15.5 Å². The van der Waals surface area contributed by atoms with Gasteiger partial charge in [-0.2, -0.15) is 3.89 Å². The van der Waals surface area contributed by atoms with Crippen LogP contribution in [0, 0.1) is 0 Å². The van der Waals surface area contributed by atoms with Gasteiger partial charge in [0, 0.05) is 16.9 Å². The summed E-state index contributed by atoms with van der Waals surface area (Å²) in [5.41, 5.74) is 0.328. The highest BCUT2D eigenvalue weighted by Gasteiger charge is 2.11. The van der Waals surface area contributed by atoms with E-state index in [-0.39, 0.29) is 18.2 Å². The second-order valence-electron chi connectivity index (χ2n) is 3.41. The number of nitrogens with one attached hydrogen (secondary N) is 1. The van der Waals surface area contributed by atoms with E-state index in [0.29, 0.717) is 22.8 Å². The molecular formula is C11H10FN3O2S. The Labute approximate surface area is 107 Å². The van der Waals surface area contributed by atoms with E-state index in [1.165, 1.54) is 6.07 Å². The zero-order valence-corrected chi connectivity index (χ0v) is 10.3. The number of aromatic nitrogens is 2. The second-order valence-corrected chi connectivity index (χ2v) is 4.04. The lowest BCUT2D eigenvalue weighted by atomic mass is 10.2. The first-order valence-corrected chi connectivity index (χ1v) is 5.97. The number of benzene rings is 1. The number of amides is 1. The van der Waals surface area contributed by atoms with Crippen molar-refractivity contribution >= 4 is 24.1 Å². The maximum atomic E-state index is 12.4. The molecule has 18 heavy (non-hydrogen) atoms. The molecule has 0 spiro atoms. The maximum Gasteiger partial charge on any atom is 0.322 e. The normalized spacial score (nSPS) is 10.3. The summed E-state index contributed by atoms with van der Waals surface area (Å²) in [5.74, 6) is 0.0237. The molecule has 0 aliphatic carbocycles. The van der Waals surface area contributed by atoms with Crippen molar-refractivity contribution in [3.63, 3.8) is 0 Å². The Hall–Kier alpha value is -1.89. The van der Waals surface area contributed by atoms with E-state index in [9.17, 15) is 8.68 Å². The molecule has 5 nitrogen and oxygen atoms in total. The van der Waals surface area contributed by atoms with E-state index in [1.807, 2.05) is 6.92 Å². The van der Waals surface area contributed by atoms with Gasteiger partial charge in [-0.05, 0) is 18.2 Å². The van der Waals surface area contributed by atoms with Gasteiger partial charge in [-0.3, -0.25) is 10.1 Å². The van der Waals surface area contributed by atoms with Gasteiger partial charge in [-0.25, -0.2) is 0 Å². The van der Waals surface area contributed by atoms with Crippen LogP contribution in [0.25, 0.3) is 0 Å². The van der Waals surface area contributed by atoms with E-state index >= 15 is 0 Å². The molecule has 1 N–H and O–H groups in total. The lowest BCUT2D eigenvalue weighted by molar-refractivity contribution is 0.102. The van der Waals surface area contributed by atoms with Gasteiger partial charge in [0.05, 0.1) is 12.1 Å². The lowest BCUT2D eigenvalue weighted by Crippen LogP contribution is -2.12. The molecule has 94 valence electrons.